The standard InChI is InChI=1S/C26H20NO.C21H22GeN.Ir/c1-17(2)19-13-14-27-24(15-19)23-10-6-9-22-21-12-11-20(16-25(21)28-26(22)23)18-7-4-3-5-8-18;1-16-10-11-18(14-20(16)17-8-6-5-7-9-17)21-13-12-19(15-23-21)22(2,3)4;/h3-9,11-17H,1-2H3;5-10,12-15H,1-4H3;/q2*-1;/i;1D3;. The zero-order valence-electron chi connectivity index (χ0n) is 33.0. The number of nitrogens with zero attached hydrogens (tertiary/aromatic N) is 2. The molecule has 0 aliphatic heterocycles. The first-order valence-electron chi connectivity index (χ1n) is 18.8. The molecule has 0 saturated heterocycles. The Kier molecular flexibility index (Phi) is 10.2. The predicted octanol–water partition coefficient (Wildman–Crippen LogP) is 12.3. The quantitative estimate of drug-likeness (QED) is 0.123. The van der Waals surface area contributed by atoms with E-state index in [2.05, 4.69) is 120 Å². The SMILES string of the molecule is CC(C)c1ccnc(-c2[c-]ccc3c2oc2cc(-c4ccccc4)ccc23)c1.[2H]C([2H])([2H])c1c[c-]c(-c2cc[c]([Ge]([CH3])([CH3])[CH3])cn2)cc1-c1ccccc1.[Ir]. The van der Waals surface area contributed by atoms with E-state index in [9.17, 15) is 0 Å². The largest absolute Gasteiger partial charge is 0 e. The van der Waals surface area contributed by atoms with Crippen molar-refractivity contribution in [1.29, 1.82) is 0 Å². The van der Waals surface area contributed by atoms with Crippen molar-refractivity contribution in [3.05, 3.63) is 163 Å². The Morgan fingerprint density at radius 1 is 0.712 bits per heavy atom. The van der Waals surface area contributed by atoms with Gasteiger partial charge in [-0.15, -0.1) is 18.2 Å². The fourth-order valence-electron chi connectivity index (χ4n) is 6.18. The zero-order chi connectivity index (χ0) is 38.0. The Hall–Kier alpha value is -4.61. The Morgan fingerprint density at radius 3 is 2.13 bits per heavy atom. The van der Waals surface area contributed by atoms with Crippen LogP contribution in [0.5, 0.6) is 0 Å². The summed E-state index contributed by atoms with van der Waals surface area (Å²) in [6.45, 7) is 2.20. The van der Waals surface area contributed by atoms with Gasteiger partial charge in [-0.2, -0.15) is 0 Å². The molecule has 0 saturated carbocycles. The van der Waals surface area contributed by atoms with Crippen LogP contribution in [0, 0.1) is 19.0 Å². The van der Waals surface area contributed by atoms with E-state index in [1.54, 1.807) is 6.07 Å². The van der Waals surface area contributed by atoms with Crippen LogP contribution in [0.15, 0.2) is 144 Å². The number of fused-ring (bicyclic) bond motifs is 3. The van der Waals surface area contributed by atoms with Crippen molar-refractivity contribution < 1.29 is 28.6 Å². The summed E-state index contributed by atoms with van der Waals surface area (Å²) in [4.78, 5) is 9.20. The van der Waals surface area contributed by atoms with Crippen LogP contribution in [-0.2, 0) is 20.1 Å². The molecule has 8 rings (SSSR count). The molecule has 5 aromatic carbocycles. The minimum atomic E-state index is -2.18. The molecule has 1 radical (unpaired) electrons. The van der Waals surface area contributed by atoms with Gasteiger partial charge >= 0.3 is 146 Å². The monoisotopic (exact) mass is 920 g/mol. The van der Waals surface area contributed by atoms with Gasteiger partial charge in [-0.1, -0.05) is 78.9 Å². The Balaban J connectivity index is 0.000000184. The predicted molar refractivity (Wildman–Crippen MR) is 217 cm³/mol. The number of aromatic nitrogens is 2. The van der Waals surface area contributed by atoms with E-state index >= 15 is 0 Å². The van der Waals surface area contributed by atoms with E-state index in [4.69, 9.17) is 8.53 Å². The van der Waals surface area contributed by atoms with Crippen LogP contribution in [0.4, 0.5) is 0 Å². The molecule has 3 nitrogen and oxygen atoms in total. The molecule has 0 atom stereocenters. The molecule has 0 bridgehead atoms. The van der Waals surface area contributed by atoms with Gasteiger partial charge in [0.15, 0.2) is 0 Å². The normalized spacial score (nSPS) is 12.4. The van der Waals surface area contributed by atoms with E-state index in [1.807, 2.05) is 67.0 Å². The van der Waals surface area contributed by atoms with Crippen LogP contribution >= 0.6 is 0 Å². The molecule has 0 amide bonds. The van der Waals surface area contributed by atoms with Gasteiger partial charge in [0.25, 0.3) is 0 Å². The summed E-state index contributed by atoms with van der Waals surface area (Å²) in [7, 11) is 0. The van der Waals surface area contributed by atoms with Gasteiger partial charge in [-0.3, -0.25) is 0 Å². The van der Waals surface area contributed by atoms with Crippen molar-refractivity contribution in [3.8, 4) is 44.8 Å². The van der Waals surface area contributed by atoms with Crippen LogP contribution in [0.3, 0.4) is 0 Å². The van der Waals surface area contributed by atoms with Gasteiger partial charge in [0.2, 0.25) is 0 Å². The Bertz CT molecular complexity index is 2540. The minimum Gasteiger partial charge on any atom is 0 e. The smallest absolute Gasteiger partial charge is 0 e. The second-order valence-electron chi connectivity index (χ2n) is 14.1. The van der Waals surface area contributed by atoms with Crippen LogP contribution < -0.4 is 4.40 Å². The van der Waals surface area contributed by atoms with E-state index in [0.29, 0.717) is 17.0 Å². The van der Waals surface area contributed by atoms with Gasteiger partial charge in [0.05, 0.1) is 5.58 Å². The molecule has 0 N–H and O–H groups in total. The van der Waals surface area contributed by atoms with Gasteiger partial charge in [-0.25, -0.2) is 0 Å². The number of benzene rings is 5. The summed E-state index contributed by atoms with van der Waals surface area (Å²) < 4.78 is 31.2. The molecular formula is C47H42GeIrN2O-2. The van der Waals surface area contributed by atoms with Gasteiger partial charge < -0.3 is 9.40 Å². The van der Waals surface area contributed by atoms with Crippen LogP contribution in [0.25, 0.3) is 66.7 Å². The zero-order valence-corrected chi connectivity index (χ0v) is 34.5. The summed E-state index contributed by atoms with van der Waals surface area (Å²) in [5.41, 5.74) is 10.7. The minimum absolute atomic E-state index is 0. The van der Waals surface area contributed by atoms with E-state index in [0.717, 1.165) is 55.6 Å². The first-order chi connectivity index (χ1) is 25.9. The second kappa shape index (κ2) is 16.0. The molecule has 5 heteroatoms. The van der Waals surface area contributed by atoms with Crippen molar-refractivity contribution in [2.75, 3.05) is 0 Å². The fourth-order valence-corrected chi connectivity index (χ4v) is 8.35. The summed E-state index contributed by atoms with van der Waals surface area (Å²) in [6.07, 6.45) is 3.83. The molecule has 52 heavy (non-hydrogen) atoms. The second-order valence-corrected chi connectivity index (χ2v) is 24.8. The number of pyridine rings is 2. The van der Waals surface area contributed by atoms with E-state index < -0.39 is 20.1 Å². The summed E-state index contributed by atoms with van der Waals surface area (Å²) >= 11 is -1.91. The number of rotatable bonds is 6. The maximum absolute atomic E-state index is 7.84. The van der Waals surface area contributed by atoms with E-state index in [-0.39, 0.29) is 20.1 Å². The van der Waals surface area contributed by atoms with Gasteiger partial charge in [0, 0.05) is 31.7 Å². The number of hydrogen-bond acceptors (Lipinski definition) is 3. The Labute approximate surface area is 328 Å². The number of furan rings is 1. The molecule has 8 aromatic rings. The molecular weight excluding hydrogens is 873 g/mol. The molecule has 3 heterocycles. The third-order valence-corrected chi connectivity index (χ3v) is 13.4. The molecule has 0 fully saturated rings. The molecule has 0 unspecified atom stereocenters. The van der Waals surface area contributed by atoms with Gasteiger partial charge in [0.1, 0.15) is 5.58 Å². The van der Waals surface area contributed by atoms with E-state index in [1.165, 1.54) is 15.5 Å². The van der Waals surface area contributed by atoms with Crippen LogP contribution in [0.2, 0.25) is 17.3 Å². The summed E-state index contributed by atoms with van der Waals surface area (Å²) in [5, 5.41) is 2.21. The molecule has 261 valence electrons. The molecule has 0 aliphatic carbocycles. The average molecular weight is 919 g/mol. The first-order valence-corrected chi connectivity index (χ1v) is 24.7. The number of aryl methyl sites for hydroxylation is 1. The molecule has 0 spiro atoms. The molecule has 0 aliphatic rings. The maximum atomic E-state index is 7.84. The van der Waals surface area contributed by atoms with Crippen LogP contribution in [0.1, 0.15) is 35.0 Å². The summed E-state index contributed by atoms with van der Waals surface area (Å²) in [5.74, 6) is 7.45. The van der Waals surface area contributed by atoms with Crippen molar-refractivity contribution in [1.82, 2.24) is 9.97 Å². The van der Waals surface area contributed by atoms with Crippen molar-refractivity contribution in [3.63, 3.8) is 0 Å². The Morgan fingerprint density at radius 2 is 1.46 bits per heavy atom. The van der Waals surface area contributed by atoms with Crippen molar-refractivity contribution in [2.24, 2.45) is 0 Å². The average Bonchev–Trinajstić information content (AvgIpc) is 3.56. The third-order valence-electron chi connectivity index (χ3n) is 9.19. The van der Waals surface area contributed by atoms with Gasteiger partial charge in [-0.05, 0) is 34.9 Å². The topological polar surface area (TPSA) is 38.9 Å². The number of hydrogen-bond donors (Lipinski definition) is 0. The molecule has 3 aromatic heterocycles. The first kappa shape index (κ1) is 33.2. The fraction of sp³-hybridized carbons (Fsp3) is 0.149. The van der Waals surface area contributed by atoms with Crippen molar-refractivity contribution >= 4 is 39.6 Å². The summed E-state index contributed by atoms with van der Waals surface area (Å²) in [6, 6.07) is 48.7. The van der Waals surface area contributed by atoms with Crippen LogP contribution in [-0.4, -0.2) is 23.2 Å². The van der Waals surface area contributed by atoms with Crippen molar-refractivity contribution in [2.45, 2.75) is 43.9 Å². The third kappa shape index (κ3) is 8.05. The maximum Gasteiger partial charge on any atom is 0 e.